The van der Waals surface area contributed by atoms with Gasteiger partial charge in [-0.05, 0) is 22.9 Å². The molecule has 0 N–H and O–H groups in total. The summed E-state index contributed by atoms with van der Waals surface area (Å²) >= 11 is 3.37. The number of imidazole rings is 1. The normalized spacial score (nSPS) is 10.7. The number of halogens is 1. The molecule has 0 aromatic carbocycles. The molecule has 2 heterocycles. The number of aromatic nitrogens is 3. The second-order valence-electron chi connectivity index (χ2n) is 2.34. The molecular formula is C7H6BrN3. The summed E-state index contributed by atoms with van der Waals surface area (Å²) in [5.41, 5.74) is 1.85. The SMILES string of the molecule is Cc1cn2c(Br)cnc2cn1. The van der Waals surface area contributed by atoms with Crippen LogP contribution in [0.15, 0.2) is 23.2 Å². The summed E-state index contributed by atoms with van der Waals surface area (Å²) in [6, 6.07) is 0. The van der Waals surface area contributed by atoms with Crippen LogP contribution < -0.4 is 0 Å². The van der Waals surface area contributed by atoms with Crippen LogP contribution in [0.5, 0.6) is 0 Å². The molecule has 0 aliphatic carbocycles. The van der Waals surface area contributed by atoms with Crippen LogP contribution >= 0.6 is 15.9 Å². The standard InChI is InChI=1S/C7H6BrN3/c1-5-4-11-6(8)2-10-7(11)3-9-5/h2-4H,1H3. The number of fused-ring (bicyclic) bond motifs is 1. The van der Waals surface area contributed by atoms with E-state index in [-0.39, 0.29) is 0 Å². The zero-order valence-corrected chi connectivity index (χ0v) is 7.54. The third kappa shape index (κ3) is 1.03. The van der Waals surface area contributed by atoms with Gasteiger partial charge >= 0.3 is 0 Å². The zero-order valence-electron chi connectivity index (χ0n) is 5.95. The van der Waals surface area contributed by atoms with Crippen LogP contribution in [0, 0.1) is 6.92 Å². The minimum atomic E-state index is 0.863. The van der Waals surface area contributed by atoms with Crippen molar-refractivity contribution >= 4 is 21.6 Å². The molecule has 0 amide bonds. The Labute approximate surface area is 72.2 Å². The summed E-state index contributed by atoms with van der Waals surface area (Å²) in [6.07, 6.45) is 5.45. The number of hydrogen-bond acceptors (Lipinski definition) is 2. The zero-order chi connectivity index (χ0) is 7.84. The maximum atomic E-state index is 4.12. The fourth-order valence-corrected chi connectivity index (χ4v) is 1.34. The Morgan fingerprint density at radius 3 is 3.00 bits per heavy atom. The van der Waals surface area contributed by atoms with Crippen LogP contribution in [0.25, 0.3) is 5.65 Å². The van der Waals surface area contributed by atoms with Gasteiger partial charge in [-0.15, -0.1) is 0 Å². The van der Waals surface area contributed by atoms with E-state index in [1.807, 2.05) is 17.5 Å². The van der Waals surface area contributed by atoms with E-state index in [9.17, 15) is 0 Å². The van der Waals surface area contributed by atoms with E-state index in [2.05, 4.69) is 25.9 Å². The molecule has 2 aromatic heterocycles. The Kier molecular flexibility index (Phi) is 1.42. The van der Waals surface area contributed by atoms with E-state index in [0.717, 1.165) is 15.9 Å². The summed E-state index contributed by atoms with van der Waals surface area (Å²) in [6.45, 7) is 1.95. The topological polar surface area (TPSA) is 30.2 Å². The summed E-state index contributed by atoms with van der Waals surface area (Å²) < 4.78 is 2.90. The van der Waals surface area contributed by atoms with Crippen molar-refractivity contribution in [3.63, 3.8) is 0 Å². The molecule has 0 spiro atoms. The molecule has 2 rings (SSSR count). The van der Waals surface area contributed by atoms with E-state index >= 15 is 0 Å². The maximum absolute atomic E-state index is 4.12. The Morgan fingerprint density at radius 1 is 1.36 bits per heavy atom. The third-order valence-electron chi connectivity index (χ3n) is 1.48. The summed E-state index contributed by atoms with van der Waals surface area (Å²) in [5, 5.41) is 0. The van der Waals surface area contributed by atoms with Gasteiger partial charge in [0, 0.05) is 6.20 Å². The van der Waals surface area contributed by atoms with Crippen LogP contribution in [-0.2, 0) is 0 Å². The molecule has 0 unspecified atom stereocenters. The first-order chi connectivity index (χ1) is 5.27. The molecule has 0 aliphatic heterocycles. The maximum Gasteiger partial charge on any atom is 0.156 e. The van der Waals surface area contributed by atoms with Gasteiger partial charge < -0.3 is 0 Å². The summed E-state index contributed by atoms with van der Waals surface area (Å²) in [4.78, 5) is 8.23. The van der Waals surface area contributed by atoms with Gasteiger partial charge in [0.1, 0.15) is 4.60 Å². The monoisotopic (exact) mass is 211 g/mol. The first kappa shape index (κ1) is 6.79. The lowest BCUT2D eigenvalue weighted by atomic mass is 10.5. The van der Waals surface area contributed by atoms with Gasteiger partial charge in [-0.3, -0.25) is 9.38 Å². The second kappa shape index (κ2) is 2.30. The van der Waals surface area contributed by atoms with Crippen molar-refractivity contribution in [3.8, 4) is 0 Å². The van der Waals surface area contributed by atoms with Crippen molar-refractivity contribution in [2.24, 2.45) is 0 Å². The van der Waals surface area contributed by atoms with E-state index in [4.69, 9.17) is 0 Å². The molecule has 0 fully saturated rings. The molecule has 0 atom stereocenters. The molecule has 0 aliphatic rings. The van der Waals surface area contributed by atoms with E-state index in [1.165, 1.54) is 0 Å². The molecule has 0 saturated carbocycles. The minimum absolute atomic E-state index is 0.863. The molecule has 4 heteroatoms. The van der Waals surface area contributed by atoms with Gasteiger partial charge in [-0.1, -0.05) is 0 Å². The van der Waals surface area contributed by atoms with Crippen LogP contribution in [-0.4, -0.2) is 14.4 Å². The number of hydrogen-bond donors (Lipinski definition) is 0. The first-order valence-electron chi connectivity index (χ1n) is 3.22. The average molecular weight is 212 g/mol. The lowest BCUT2D eigenvalue weighted by Crippen LogP contribution is -1.88. The van der Waals surface area contributed by atoms with Crippen LogP contribution in [0.2, 0.25) is 0 Å². The highest BCUT2D eigenvalue weighted by Crippen LogP contribution is 2.11. The van der Waals surface area contributed by atoms with Crippen LogP contribution in [0.1, 0.15) is 5.69 Å². The number of nitrogens with zero attached hydrogens (tertiary/aromatic N) is 3. The quantitative estimate of drug-likeness (QED) is 0.666. The molecule has 56 valence electrons. The predicted molar refractivity (Wildman–Crippen MR) is 45.4 cm³/mol. The van der Waals surface area contributed by atoms with E-state index in [1.54, 1.807) is 12.4 Å². The molecule has 3 nitrogen and oxygen atoms in total. The highest BCUT2D eigenvalue weighted by molar-refractivity contribution is 9.10. The number of rotatable bonds is 0. The fourth-order valence-electron chi connectivity index (χ4n) is 0.956. The molecule has 0 bridgehead atoms. The largest absolute Gasteiger partial charge is 0.291 e. The van der Waals surface area contributed by atoms with Gasteiger partial charge in [-0.25, -0.2) is 4.98 Å². The highest BCUT2D eigenvalue weighted by atomic mass is 79.9. The Hall–Kier alpha value is -0.900. The molecule has 0 radical (unpaired) electrons. The summed E-state index contributed by atoms with van der Waals surface area (Å²) in [7, 11) is 0. The summed E-state index contributed by atoms with van der Waals surface area (Å²) in [5.74, 6) is 0. The lowest BCUT2D eigenvalue weighted by molar-refractivity contribution is 1.05. The average Bonchev–Trinajstić information content (AvgIpc) is 2.33. The van der Waals surface area contributed by atoms with Gasteiger partial charge in [0.05, 0.1) is 18.1 Å². The van der Waals surface area contributed by atoms with Gasteiger partial charge in [0.2, 0.25) is 0 Å². The van der Waals surface area contributed by atoms with E-state index < -0.39 is 0 Å². The van der Waals surface area contributed by atoms with Crippen molar-refractivity contribution in [2.45, 2.75) is 6.92 Å². The fraction of sp³-hybridized carbons (Fsp3) is 0.143. The second-order valence-corrected chi connectivity index (χ2v) is 3.15. The third-order valence-corrected chi connectivity index (χ3v) is 2.07. The molecular weight excluding hydrogens is 206 g/mol. The minimum Gasteiger partial charge on any atom is -0.291 e. The predicted octanol–water partition coefficient (Wildman–Crippen LogP) is 1.80. The Balaban J connectivity index is 2.87. The van der Waals surface area contributed by atoms with Crippen LogP contribution in [0.4, 0.5) is 0 Å². The van der Waals surface area contributed by atoms with Crippen LogP contribution in [0.3, 0.4) is 0 Å². The Bertz CT molecular complexity index is 393. The Morgan fingerprint density at radius 2 is 2.18 bits per heavy atom. The van der Waals surface area contributed by atoms with Crippen molar-refractivity contribution in [3.05, 3.63) is 28.9 Å². The lowest BCUT2D eigenvalue weighted by Gasteiger charge is -1.94. The molecule has 2 aromatic rings. The smallest absolute Gasteiger partial charge is 0.156 e. The van der Waals surface area contributed by atoms with Crippen molar-refractivity contribution in [1.29, 1.82) is 0 Å². The number of aryl methyl sites for hydroxylation is 1. The molecule has 0 saturated heterocycles. The van der Waals surface area contributed by atoms with Gasteiger partial charge in [-0.2, -0.15) is 0 Å². The van der Waals surface area contributed by atoms with Crippen molar-refractivity contribution < 1.29 is 0 Å². The van der Waals surface area contributed by atoms with E-state index in [0.29, 0.717) is 0 Å². The van der Waals surface area contributed by atoms with Crippen molar-refractivity contribution in [2.75, 3.05) is 0 Å². The van der Waals surface area contributed by atoms with Gasteiger partial charge in [0.25, 0.3) is 0 Å². The first-order valence-corrected chi connectivity index (χ1v) is 4.02. The highest BCUT2D eigenvalue weighted by Gasteiger charge is 1.98. The molecule has 11 heavy (non-hydrogen) atoms. The van der Waals surface area contributed by atoms with Gasteiger partial charge in [0.15, 0.2) is 5.65 Å². The van der Waals surface area contributed by atoms with Crippen molar-refractivity contribution in [1.82, 2.24) is 14.4 Å².